The number of benzene rings is 1. The zero-order valence-corrected chi connectivity index (χ0v) is 10.9. The van der Waals surface area contributed by atoms with Crippen molar-refractivity contribution in [2.75, 3.05) is 12.5 Å². The summed E-state index contributed by atoms with van der Waals surface area (Å²) in [5.74, 6) is -0.0187. The van der Waals surface area contributed by atoms with Crippen molar-refractivity contribution in [1.82, 2.24) is 14.9 Å². The first kappa shape index (κ1) is 12.9. The number of hydrogen-bond donors (Lipinski definition) is 1. The van der Waals surface area contributed by atoms with Crippen LogP contribution in [0.4, 0.5) is 0 Å². The first-order valence-corrected chi connectivity index (χ1v) is 5.95. The monoisotopic (exact) mass is 286 g/mol. The molecule has 0 radical (unpaired) electrons. The molecule has 2 aromatic heterocycles. The minimum atomic E-state index is -0.724. The molecule has 0 unspecified atom stereocenters. The molecule has 8 nitrogen and oxygen atoms in total. The lowest BCUT2D eigenvalue weighted by Gasteiger charge is -2.05. The summed E-state index contributed by atoms with van der Waals surface area (Å²) in [6.07, 6.45) is 2.59. The molecule has 3 aromatic rings. The van der Waals surface area contributed by atoms with Gasteiger partial charge in [0.1, 0.15) is 29.6 Å². The van der Waals surface area contributed by atoms with Crippen LogP contribution in [-0.2, 0) is 0 Å². The molecule has 0 saturated heterocycles. The van der Waals surface area contributed by atoms with Crippen molar-refractivity contribution in [3.63, 3.8) is 0 Å². The van der Waals surface area contributed by atoms with E-state index >= 15 is 0 Å². The molecule has 0 aliphatic carbocycles. The molecule has 1 amide bonds. The highest BCUT2D eigenvalue weighted by molar-refractivity contribution is 6.01. The second-order valence-corrected chi connectivity index (χ2v) is 4.16. The van der Waals surface area contributed by atoms with Crippen molar-refractivity contribution in [2.45, 2.75) is 0 Å². The Kier molecular flexibility index (Phi) is 3.11. The highest BCUT2D eigenvalue weighted by atomic mass is 16.5. The van der Waals surface area contributed by atoms with E-state index in [9.17, 15) is 9.59 Å². The van der Waals surface area contributed by atoms with Crippen LogP contribution >= 0.6 is 0 Å². The van der Waals surface area contributed by atoms with E-state index in [0.717, 1.165) is 0 Å². The van der Waals surface area contributed by atoms with Crippen LogP contribution in [0, 0.1) is 0 Å². The summed E-state index contributed by atoms with van der Waals surface area (Å²) in [5.41, 5.74) is 1.97. The molecular formula is C13H10N4O4. The molecule has 2 heterocycles. The number of hydrogen-bond acceptors (Lipinski definition) is 6. The van der Waals surface area contributed by atoms with Crippen molar-refractivity contribution < 1.29 is 13.9 Å². The zero-order chi connectivity index (χ0) is 14.8. The number of aromatic nitrogens is 3. The van der Waals surface area contributed by atoms with Gasteiger partial charge in [-0.15, -0.1) is 10.2 Å². The summed E-state index contributed by atoms with van der Waals surface area (Å²) < 4.78 is 11.5. The second-order valence-electron chi connectivity index (χ2n) is 4.16. The number of ether oxygens (including phenoxy) is 1. The summed E-state index contributed by atoms with van der Waals surface area (Å²) in [6, 6.07) is 6.40. The number of nitrogens with zero attached hydrogens (tertiary/aromatic N) is 3. The van der Waals surface area contributed by atoms with Gasteiger partial charge in [-0.3, -0.25) is 10.2 Å². The van der Waals surface area contributed by atoms with Gasteiger partial charge in [-0.1, -0.05) is 0 Å². The van der Waals surface area contributed by atoms with E-state index in [4.69, 9.17) is 9.15 Å². The molecule has 0 spiro atoms. The number of nitrogens with one attached hydrogen (secondary N) is 1. The van der Waals surface area contributed by atoms with Crippen LogP contribution in [0.2, 0.25) is 0 Å². The summed E-state index contributed by atoms with van der Waals surface area (Å²) >= 11 is 0. The van der Waals surface area contributed by atoms with Crippen LogP contribution in [-0.4, -0.2) is 27.9 Å². The third kappa shape index (κ3) is 2.46. The molecule has 1 N–H and O–H groups in total. The molecular weight excluding hydrogens is 276 g/mol. The van der Waals surface area contributed by atoms with Gasteiger partial charge in [0, 0.05) is 5.39 Å². The van der Waals surface area contributed by atoms with E-state index in [-0.39, 0.29) is 5.56 Å². The number of carbonyl (C=O) groups excluding carboxylic acids is 1. The first-order valence-electron chi connectivity index (χ1n) is 5.95. The van der Waals surface area contributed by atoms with Gasteiger partial charge in [-0.25, -0.2) is 9.47 Å². The maximum atomic E-state index is 12.1. The minimum absolute atomic E-state index is 0.121. The lowest BCUT2D eigenvalue weighted by Crippen LogP contribution is -2.26. The quantitative estimate of drug-likeness (QED) is 0.714. The third-order valence-electron chi connectivity index (χ3n) is 2.83. The molecule has 0 aliphatic heterocycles. The van der Waals surface area contributed by atoms with Crippen LogP contribution in [0.1, 0.15) is 10.4 Å². The molecule has 8 heteroatoms. The first-order chi connectivity index (χ1) is 10.2. The van der Waals surface area contributed by atoms with Crippen LogP contribution in [0.15, 0.2) is 46.1 Å². The van der Waals surface area contributed by atoms with Crippen molar-refractivity contribution in [3.05, 3.63) is 52.9 Å². The SMILES string of the molecule is COc1ccc2oc(=O)c(C(=O)Nn3cnnc3)cc2c1. The minimum Gasteiger partial charge on any atom is -0.497 e. The van der Waals surface area contributed by atoms with Gasteiger partial charge < -0.3 is 9.15 Å². The highest BCUT2D eigenvalue weighted by Gasteiger charge is 2.14. The summed E-state index contributed by atoms with van der Waals surface area (Å²) in [7, 11) is 1.53. The van der Waals surface area contributed by atoms with E-state index in [1.165, 1.54) is 30.5 Å². The second kappa shape index (κ2) is 5.08. The fourth-order valence-corrected chi connectivity index (χ4v) is 1.82. The fourth-order valence-electron chi connectivity index (χ4n) is 1.82. The zero-order valence-electron chi connectivity index (χ0n) is 10.9. The van der Waals surface area contributed by atoms with Crippen molar-refractivity contribution in [1.29, 1.82) is 0 Å². The highest BCUT2D eigenvalue weighted by Crippen LogP contribution is 2.20. The van der Waals surface area contributed by atoms with Crippen LogP contribution in [0.5, 0.6) is 5.75 Å². The molecule has 0 aliphatic rings. The fraction of sp³-hybridized carbons (Fsp3) is 0.0769. The van der Waals surface area contributed by atoms with Gasteiger partial charge in [0.05, 0.1) is 7.11 Å². The van der Waals surface area contributed by atoms with Crippen LogP contribution in [0.3, 0.4) is 0 Å². The van der Waals surface area contributed by atoms with Crippen molar-refractivity contribution in [3.8, 4) is 5.75 Å². The predicted molar refractivity (Wildman–Crippen MR) is 72.7 cm³/mol. The normalized spacial score (nSPS) is 10.5. The van der Waals surface area contributed by atoms with Crippen molar-refractivity contribution in [2.24, 2.45) is 0 Å². The molecule has 0 bridgehead atoms. The molecule has 0 fully saturated rings. The Morgan fingerprint density at radius 2 is 2.05 bits per heavy atom. The smallest absolute Gasteiger partial charge is 0.349 e. The van der Waals surface area contributed by atoms with E-state index in [0.29, 0.717) is 16.7 Å². The molecule has 0 atom stereocenters. The summed E-state index contributed by atoms with van der Waals surface area (Å²) in [4.78, 5) is 23.9. The standard InChI is InChI=1S/C13H10N4O4/c1-20-9-2-3-11-8(4-9)5-10(13(19)21-11)12(18)16-17-6-14-15-7-17/h2-7H,1H3,(H,16,18). The Balaban J connectivity index is 2.03. The number of fused-ring (bicyclic) bond motifs is 1. The molecule has 21 heavy (non-hydrogen) atoms. The Hall–Kier alpha value is -3.16. The van der Waals surface area contributed by atoms with Crippen molar-refractivity contribution >= 4 is 16.9 Å². The summed E-state index contributed by atoms with van der Waals surface area (Å²) in [6.45, 7) is 0. The average molecular weight is 286 g/mol. The van der Waals surface area contributed by atoms with Gasteiger partial charge >= 0.3 is 5.63 Å². The number of methoxy groups -OCH3 is 1. The van der Waals surface area contributed by atoms with Gasteiger partial charge in [-0.2, -0.15) is 0 Å². The van der Waals surface area contributed by atoms with E-state index in [1.54, 1.807) is 18.2 Å². The lowest BCUT2D eigenvalue weighted by molar-refractivity contribution is 0.100. The van der Waals surface area contributed by atoms with Gasteiger partial charge in [0.25, 0.3) is 5.91 Å². The topological polar surface area (TPSA) is 99.2 Å². The molecule has 3 rings (SSSR count). The Morgan fingerprint density at radius 1 is 1.29 bits per heavy atom. The average Bonchev–Trinajstić information content (AvgIpc) is 2.98. The Morgan fingerprint density at radius 3 is 2.76 bits per heavy atom. The van der Waals surface area contributed by atoms with E-state index < -0.39 is 11.5 Å². The number of carbonyl (C=O) groups is 1. The maximum Gasteiger partial charge on any atom is 0.349 e. The molecule has 1 aromatic carbocycles. The largest absolute Gasteiger partial charge is 0.497 e. The number of rotatable bonds is 3. The maximum absolute atomic E-state index is 12.1. The van der Waals surface area contributed by atoms with Crippen LogP contribution < -0.4 is 15.8 Å². The molecule has 0 saturated carbocycles. The Labute approximate surface area is 117 Å². The van der Waals surface area contributed by atoms with Gasteiger partial charge in [0.15, 0.2) is 0 Å². The van der Waals surface area contributed by atoms with E-state index in [2.05, 4.69) is 15.6 Å². The lowest BCUT2D eigenvalue weighted by atomic mass is 10.1. The number of amides is 1. The van der Waals surface area contributed by atoms with Gasteiger partial charge in [-0.05, 0) is 24.3 Å². The van der Waals surface area contributed by atoms with Gasteiger partial charge in [0.2, 0.25) is 0 Å². The third-order valence-corrected chi connectivity index (χ3v) is 2.83. The van der Waals surface area contributed by atoms with E-state index in [1.807, 2.05) is 0 Å². The predicted octanol–water partition coefficient (Wildman–Crippen LogP) is 0.777. The summed E-state index contributed by atoms with van der Waals surface area (Å²) in [5, 5.41) is 7.67. The Bertz CT molecular complexity index is 854. The van der Waals surface area contributed by atoms with Crippen LogP contribution in [0.25, 0.3) is 11.0 Å². The molecule has 106 valence electrons.